The maximum absolute atomic E-state index is 13.1. The van der Waals surface area contributed by atoms with Crippen molar-refractivity contribution in [3.8, 4) is 6.07 Å². The predicted octanol–water partition coefficient (Wildman–Crippen LogP) is 4.82. The van der Waals surface area contributed by atoms with Gasteiger partial charge in [-0.05, 0) is 54.8 Å². The summed E-state index contributed by atoms with van der Waals surface area (Å²) < 4.78 is 0.957. The Labute approximate surface area is 185 Å². The first-order valence-electron chi connectivity index (χ1n) is 9.91. The minimum absolute atomic E-state index is 0.0975. The van der Waals surface area contributed by atoms with Crippen LogP contribution in [0.3, 0.4) is 0 Å². The van der Waals surface area contributed by atoms with Gasteiger partial charge in [0.1, 0.15) is 5.82 Å². The molecule has 4 rings (SSSR count). The van der Waals surface area contributed by atoms with Gasteiger partial charge in [0.05, 0.1) is 17.6 Å². The van der Waals surface area contributed by atoms with Gasteiger partial charge in [-0.1, -0.05) is 28.1 Å². The molecule has 1 aliphatic heterocycles. The first-order chi connectivity index (χ1) is 14.4. The zero-order valence-electron chi connectivity index (χ0n) is 17.0. The molecule has 1 aliphatic carbocycles. The Bertz CT molecular complexity index is 1090. The molecule has 2 aromatic carbocycles. The molecule has 0 amide bonds. The maximum atomic E-state index is 13.1. The number of benzene rings is 2. The van der Waals surface area contributed by atoms with E-state index < -0.39 is 5.92 Å². The number of nitrogens with zero attached hydrogens (tertiary/aromatic N) is 3. The van der Waals surface area contributed by atoms with Crippen molar-refractivity contribution in [1.82, 2.24) is 0 Å². The first kappa shape index (κ1) is 20.2. The highest BCUT2D eigenvalue weighted by molar-refractivity contribution is 9.10. The number of nitriles is 1. The summed E-state index contributed by atoms with van der Waals surface area (Å²) in [4.78, 5) is 17.0. The van der Waals surface area contributed by atoms with Gasteiger partial charge >= 0.3 is 0 Å². The highest BCUT2D eigenvalue weighted by atomic mass is 79.9. The molecule has 2 N–H and O–H groups in total. The lowest BCUT2D eigenvalue weighted by Crippen LogP contribution is -2.38. The van der Waals surface area contributed by atoms with Crippen LogP contribution in [0, 0.1) is 11.3 Å². The lowest BCUT2D eigenvalue weighted by molar-refractivity contribution is -0.116. The third-order valence-corrected chi connectivity index (χ3v) is 6.27. The van der Waals surface area contributed by atoms with Gasteiger partial charge in [-0.25, -0.2) is 0 Å². The van der Waals surface area contributed by atoms with E-state index in [-0.39, 0.29) is 5.78 Å². The number of carbonyl (C=O) groups is 1. The number of ketones is 1. The molecule has 1 heterocycles. The minimum atomic E-state index is -0.430. The lowest BCUT2D eigenvalue weighted by atomic mass is 9.75. The van der Waals surface area contributed by atoms with Crippen LogP contribution in [0.1, 0.15) is 30.7 Å². The van der Waals surface area contributed by atoms with Crippen molar-refractivity contribution in [3.63, 3.8) is 0 Å². The first-order valence-corrected chi connectivity index (χ1v) is 10.7. The summed E-state index contributed by atoms with van der Waals surface area (Å²) in [6.45, 7) is 0. The molecule has 30 heavy (non-hydrogen) atoms. The molecular formula is C24H23BrN4O. The fourth-order valence-corrected chi connectivity index (χ4v) is 4.53. The number of Topliss-reactive ketones (excluding diaryl/α,β-unsaturated/α-hetero) is 1. The van der Waals surface area contributed by atoms with E-state index in [0.29, 0.717) is 23.4 Å². The summed E-state index contributed by atoms with van der Waals surface area (Å²) in [6, 6.07) is 18.1. The number of rotatable bonds is 3. The van der Waals surface area contributed by atoms with Crippen LogP contribution < -0.4 is 15.5 Å². The molecule has 0 fully saturated rings. The van der Waals surface area contributed by atoms with Gasteiger partial charge in [-0.3, -0.25) is 9.69 Å². The van der Waals surface area contributed by atoms with Gasteiger partial charge in [-0.15, -0.1) is 0 Å². The van der Waals surface area contributed by atoms with Crippen molar-refractivity contribution >= 4 is 33.1 Å². The summed E-state index contributed by atoms with van der Waals surface area (Å²) in [5.74, 6) is 0.0657. The van der Waals surface area contributed by atoms with Gasteiger partial charge in [-0.2, -0.15) is 5.26 Å². The highest BCUT2D eigenvalue weighted by Gasteiger charge is 2.40. The summed E-state index contributed by atoms with van der Waals surface area (Å²) in [5, 5.41) is 10.1. The number of hydrogen-bond donors (Lipinski definition) is 1. The molecule has 0 bridgehead atoms. The Morgan fingerprint density at radius 1 is 1.10 bits per heavy atom. The topological polar surface area (TPSA) is 73.4 Å². The molecule has 1 unspecified atom stereocenters. The van der Waals surface area contributed by atoms with E-state index >= 15 is 0 Å². The monoisotopic (exact) mass is 462 g/mol. The molecule has 6 heteroatoms. The van der Waals surface area contributed by atoms with Crippen molar-refractivity contribution in [2.45, 2.75) is 25.2 Å². The van der Waals surface area contributed by atoms with Gasteiger partial charge in [0.15, 0.2) is 5.78 Å². The normalized spacial score (nSPS) is 18.9. The van der Waals surface area contributed by atoms with Crippen LogP contribution in [0.4, 0.5) is 11.4 Å². The van der Waals surface area contributed by atoms with E-state index in [2.05, 4.69) is 22.0 Å². The highest BCUT2D eigenvalue weighted by Crippen LogP contribution is 2.46. The van der Waals surface area contributed by atoms with Crippen LogP contribution in [-0.4, -0.2) is 19.9 Å². The molecule has 2 aliphatic rings. The Morgan fingerprint density at radius 2 is 1.77 bits per heavy atom. The summed E-state index contributed by atoms with van der Waals surface area (Å²) >= 11 is 3.46. The van der Waals surface area contributed by atoms with E-state index in [1.165, 1.54) is 0 Å². The number of anilines is 2. The zero-order chi connectivity index (χ0) is 21.4. The van der Waals surface area contributed by atoms with Crippen LogP contribution in [0.2, 0.25) is 0 Å². The Morgan fingerprint density at radius 3 is 2.37 bits per heavy atom. The summed E-state index contributed by atoms with van der Waals surface area (Å²) in [6.07, 6.45) is 2.03. The van der Waals surface area contributed by atoms with Crippen LogP contribution in [0.15, 0.2) is 75.7 Å². The Kier molecular flexibility index (Phi) is 5.40. The van der Waals surface area contributed by atoms with Crippen molar-refractivity contribution in [2.75, 3.05) is 23.9 Å². The Balaban J connectivity index is 1.91. The second-order valence-corrected chi connectivity index (χ2v) is 8.69. The van der Waals surface area contributed by atoms with Gasteiger partial charge in [0.2, 0.25) is 0 Å². The molecule has 1 atom stereocenters. The van der Waals surface area contributed by atoms with E-state index in [0.717, 1.165) is 39.9 Å². The van der Waals surface area contributed by atoms with E-state index in [4.69, 9.17) is 5.73 Å². The van der Waals surface area contributed by atoms with Crippen molar-refractivity contribution in [1.29, 1.82) is 5.26 Å². The lowest BCUT2D eigenvalue weighted by Gasteiger charge is -2.39. The SMILES string of the molecule is CN(C)c1ccc(C2C(C#N)=C(N)N(c3ccc(Br)cc3)C3=C2C(=O)CCC3)cc1. The van der Waals surface area contributed by atoms with Gasteiger partial charge in [0, 0.05) is 47.6 Å². The molecular weight excluding hydrogens is 440 g/mol. The van der Waals surface area contributed by atoms with Crippen molar-refractivity contribution in [3.05, 3.63) is 81.2 Å². The number of nitrogens with two attached hydrogens (primary N) is 1. The average molecular weight is 463 g/mol. The Hall–Kier alpha value is -3.04. The predicted molar refractivity (Wildman–Crippen MR) is 123 cm³/mol. The number of halogens is 1. The fourth-order valence-electron chi connectivity index (χ4n) is 4.27. The van der Waals surface area contributed by atoms with Crippen molar-refractivity contribution in [2.24, 2.45) is 5.73 Å². The number of carbonyl (C=O) groups excluding carboxylic acids is 1. The molecule has 0 spiro atoms. The van der Waals surface area contributed by atoms with Crippen LogP contribution >= 0.6 is 15.9 Å². The van der Waals surface area contributed by atoms with Crippen LogP contribution in [0.5, 0.6) is 0 Å². The molecule has 152 valence electrons. The van der Waals surface area contributed by atoms with Gasteiger partial charge in [0.25, 0.3) is 0 Å². The summed E-state index contributed by atoms with van der Waals surface area (Å²) in [7, 11) is 3.96. The quantitative estimate of drug-likeness (QED) is 0.707. The fraction of sp³-hybridized carbons (Fsp3) is 0.250. The molecule has 0 saturated heterocycles. The van der Waals surface area contributed by atoms with E-state index in [9.17, 15) is 10.1 Å². The van der Waals surface area contributed by atoms with Crippen LogP contribution in [0.25, 0.3) is 0 Å². The maximum Gasteiger partial charge on any atom is 0.161 e. The third kappa shape index (κ3) is 3.40. The van der Waals surface area contributed by atoms with Crippen LogP contribution in [-0.2, 0) is 4.79 Å². The molecule has 5 nitrogen and oxygen atoms in total. The second kappa shape index (κ2) is 8.00. The number of hydrogen-bond acceptors (Lipinski definition) is 5. The standard InChI is InChI=1S/C24H23BrN4O/c1-28(2)17-10-6-15(7-11-17)22-19(14-26)24(27)29(18-12-8-16(25)9-13-18)20-4-3-5-21(30)23(20)22/h6-13,22H,3-5,27H2,1-2H3. The van der Waals surface area contributed by atoms with Crippen molar-refractivity contribution < 1.29 is 4.79 Å². The third-order valence-electron chi connectivity index (χ3n) is 5.74. The average Bonchev–Trinajstić information content (AvgIpc) is 2.74. The van der Waals surface area contributed by atoms with Gasteiger partial charge < -0.3 is 10.6 Å². The smallest absolute Gasteiger partial charge is 0.161 e. The number of allylic oxidation sites excluding steroid dienone is 3. The summed E-state index contributed by atoms with van der Waals surface area (Å²) in [5.41, 5.74) is 11.4. The van der Waals surface area contributed by atoms with E-state index in [1.54, 1.807) is 0 Å². The van der Waals surface area contributed by atoms with E-state index in [1.807, 2.05) is 72.4 Å². The second-order valence-electron chi connectivity index (χ2n) is 7.78. The largest absolute Gasteiger partial charge is 0.384 e. The minimum Gasteiger partial charge on any atom is -0.384 e. The molecule has 2 aromatic rings. The molecule has 0 saturated carbocycles. The molecule has 0 radical (unpaired) electrons. The molecule has 0 aromatic heterocycles. The zero-order valence-corrected chi connectivity index (χ0v) is 18.6.